The quantitative estimate of drug-likeness (QED) is 0.0267. The molecule has 0 aromatic heterocycles. The molecule has 2 atom stereocenters. The number of hydrogen-bond acceptors (Lipinski definition) is 8. The molecule has 0 bridgehead atoms. The maximum absolute atomic E-state index is 12.6. The Balaban J connectivity index is 4.29. The molecule has 0 fully saturated rings. The molecule has 57 heavy (non-hydrogen) atoms. The lowest BCUT2D eigenvalue weighted by Gasteiger charge is -2.19. The van der Waals surface area contributed by atoms with Crippen LogP contribution in [-0.2, 0) is 32.7 Å². The number of carbonyl (C=O) groups is 2. The molecule has 0 spiro atoms. The SMILES string of the molecule is CCCCCCCC/C=C/C/C=C/CCCCC(=O)O[C@@H](COC(=O)CCC/C=C/C/C=C/C/C=C/C/C=C/CCCCCCCCC)COP(=O)(O)OCCN. The van der Waals surface area contributed by atoms with Crippen LogP contribution in [0.2, 0.25) is 0 Å². The molecule has 0 saturated carbocycles. The Hall–Kier alpha value is -2.55. The van der Waals surface area contributed by atoms with Gasteiger partial charge in [0, 0.05) is 19.4 Å². The van der Waals surface area contributed by atoms with Crippen molar-refractivity contribution in [2.24, 2.45) is 5.73 Å². The monoisotopic (exact) mass is 820 g/mol. The van der Waals surface area contributed by atoms with Gasteiger partial charge in [0.05, 0.1) is 13.2 Å². The lowest BCUT2D eigenvalue weighted by atomic mass is 10.1. The van der Waals surface area contributed by atoms with Crippen molar-refractivity contribution in [3.63, 3.8) is 0 Å². The number of esters is 2. The van der Waals surface area contributed by atoms with E-state index in [2.05, 4.69) is 80.7 Å². The lowest BCUT2D eigenvalue weighted by molar-refractivity contribution is -0.161. The van der Waals surface area contributed by atoms with Crippen molar-refractivity contribution in [3.8, 4) is 0 Å². The van der Waals surface area contributed by atoms with E-state index >= 15 is 0 Å². The minimum Gasteiger partial charge on any atom is -0.462 e. The lowest BCUT2D eigenvalue weighted by Crippen LogP contribution is -2.29. The van der Waals surface area contributed by atoms with E-state index in [0.717, 1.165) is 51.4 Å². The van der Waals surface area contributed by atoms with Crippen LogP contribution in [0.3, 0.4) is 0 Å². The maximum atomic E-state index is 12.6. The molecule has 0 aromatic rings. The van der Waals surface area contributed by atoms with E-state index in [-0.39, 0.29) is 32.6 Å². The second-order valence-corrected chi connectivity index (χ2v) is 16.0. The molecule has 1 unspecified atom stereocenters. The molecule has 3 N–H and O–H groups in total. The molecule has 0 rings (SSSR count). The second-order valence-electron chi connectivity index (χ2n) is 14.6. The molecule has 328 valence electrons. The first kappa shape index (κ1) is 54.5. The summed E-state index contributed by atoms with van der Waals surface area (Å²) >= 11 is 0. The van der Waals surface area contributed by atoms with E-state index in [1.807, 2.05) is 6.08 Å². The fourth-order valence-electron chi connectivity index (χ4n) is 5.71. The van der Waals surface area contributed by atoms with Crippen molar-refractivity contribution in [2.45, 2.75) is 187 Å². The molecule has 0 aliphatic rings. The summed E-state index contributed by atoms with van der Waals surface area (Å²) in [7, 11) is -4.40. The van der Waals surface area contributed by atoms with Gasteiger partial charge in [0.15, 0.2) is 6.10 Å². The van der Waals surface area contributed by atoms with Crippen molar-refractivity contribution in [1.29, 1.82) is 0 Å². The summed E-state index contributed by atoms with van der Waals surface area (Å²) in [6.07, 6.45) is 52.3. The van der Waals surface area contributed by atoms with Crippen molar-refractivity contribution < 1.29 is 37.6 Å². The molecule has 10 heteroatoms. The van der Waals surface area contributed by atoms with Gasteiger partial charge < -0.3 is 20.1 Å². The molecular formula is C47H82NO8P. The van der Waals surface area contributed by atoms with Crippen molar-refractivity contribution in [2.75, 3.05) is 26.4 Å². The Morgan fingerprint density at radius 3 is 1.40 bits per heavy atom. The molecular weight excluding hydrogens is 737 g/mol. The topological polar surface area (TPSA) is 134 Å². The van der Waals surface area contributed by atoms with Gasteiger partial charge in [0.25, 0.3) is 0 Å². The molecule has 0 saturated heterocycles. The third kappa shape index (κ3) is 42.9. The summed E-state index contributed by atoms with van der Waals surface area (Å²) in [4.78, 5) is 34.8. The highest BCUT2D eigenvalue weighted by molar-refractivity contribution is 7.47. The Labute approximate surface area is 348 Å². The van der Waals surface area contributed by atoms with Gasteiger partial charge in [-0.1, -0.05) is 157 Å². The third-order valence-corrected chi connectivity index (χ3v) is 10.0. The number of ether oxygens (including phenoxy) is 2. The maximum Gasteiger partial charge on any atom is 0.472 e. The predicted octanol–water partition coefficient (Wildman–Crippen LogP) is 13.1. The number of carbonyl (C=O) groups excluding carboxylic acids is 2. The fourth-order valence-corrected chi connectivity index (χ4v) is 6.48. The normalized spacial score (nSPS) is 14.0. The number of allylic oxidation sites excluding steroid dienone is 12. The summed E-state index contributed by atoms with van der Waals surface area (Å²) in [6.45, 7) is 3.61. The first-order chi connectivity index (χ1) is 27.8. The number of rotatable bonds is 41. The number of phosphoric acid groups is 1. The Bertz CT molecular complexity index is 1160. The average Bonchev–Trinajstić information content (AvgIpc) is 3.20. The Morgan fingerprint density at radius 1 is 0.526 bits per heavy atom. The van der Waals surface area contributed by atoms with Crippen molar-refractivity contribution in [3.05, 3.63) is 72.9 Å². The van der Waals surface area contributed by atoms with Gasteiger partial charge in [-0.05, 0) is 83.5 Å². The van der Waals surface area contributed by atoms with Crippen LogP contribution in [0, 0.1) is 0 Å². The van der Waals surface area contributed by atoms with Gasteiger partial charge in [0.2, 0.25) is 0 Å². The summed E-state index contributed by atoms with van der Waals surface area (Å²) in [5, 5.41) is 0. The van der Waals surface area contributed by atoms with Crippen LogP contribution in [0.15, 0.2) is 72.9 Å². The molecule has 0 aliphatic heterocycles. The van der Waals surface area contributed by atoms with Crippen LogP contribution >= 0.6 is 7.82 Å². The number of phosphoric ester groups is 1. The van der Waals surface area contributed by atoms with E-state index in [0.29, 0.717) is 12.8 Å². The third-order valence-electron chi connectivity index (χ3n) is 9.06. The van der Waals surface area contributed by atoms with Crippen LogP contribution in [0.1, 0.15) is 181 Å². The average molecular weight is 820 g/mol. The van der Waals surface area contributed by atoms with E-state index in [4.69, 9.17) is 24.3 Å². The summed E-state index contributed by atoms with van der Waals surface area (Å²) < 4.78 is 32.7. The minimum absolute atomic E-state index is 0.0380. The van der Waals surface area contributed by atoms with Gasteiger partial charge >= 0.3 is 19.8 Å². The van der Waals surface area contributed by atoms with Gasteiger partial charge in [-0.3, -0.25) is 18.6 Å². The largest absolute Gasteiger partial charge is 0.472 e. The van der Waals surface area contributed by atoms with E-state index in [1.54, 1.807) is 0 Å². The molecule has 0 aliphatic carbocycles. The Morgan fingerprint density at radius 2 is 0.930 bits per heavy atom. The highest BCUT2D eigenvalue weighted by atomic mass is 31.2. The van der Waals surface area contributed by atoms with Crippen molar-refractivity contribution >= 4 is 19.8 Å². The Kier molecular flexibility index (Phi) is 41.1. The molecule has 0 radical (unpaired) electrons. The molecule has 0 aromatic carbocycles. The van der Waals surface area contributed by atoms with Crippen LogP contribution in [0.25, 0.3) is 0 Å². The standard InChI is InChI=1S/C47H82NO8P/c1-3-5-7-9-11-13-15-17-19-20-21-22-23-24-26-27-29-31-33-35-37-39-46(49)53-43-45(44-55-57(51,52)54-42-41-48)56-47(50)40-38-36-34-32-30-28-25-18-16-14-12-10-8-6-4-2/h18-20,22-23,25-27,30-33,45H,3-17,21,24,28-29,34-44,48H2,1-2H3,(H,51,52)/b20-19+,23-22+,25-18+,27-26+,32-30+,33-31+/t45-/m0/s1. The zero-order valence-corrected chi connectivity index (χ0v) is 36.9. The molecule has 9 nitrogen and oxygen atoms in total. The van der Waals surface area contributed by atoms with Crippen molar-refractivity contribution in [1.82, 2.24) is 0 Å². The smallest absolute Gasteiger partial charge is 0.462 e. The zero-order chi connectivity index (χ0) is 41.8. The van der Waals surface area contributed by atoms with Crippen LogP contribution in [0.4, 0.5) is 0 Å². The van der Waals surface area contributed by atoms with Gasteiger partial charge in [-0.15, -0.1) is 0 Å². The van der Waals surface area contributed by atoms with E-state index < -0.39 is 32.5 Å². The zero-order valence-electron chi connectivity index (χ0n) is 36.0. The summed E-state index contributed by atoms with van der Waals surface area (Å²) in [5.41, 5.74) is 5.34. The van der Waals surface area contributed by atoms with Gasteiger partial charge in [0.1, 0.15) is 6.61 Å². The number of nitrogens with two attached hydrogens (primary N) is 1. The highest BCUT2D eigenvalue weighted by Crippen LogP contribution is 2.43. The van der Waals surface area contributed by atoms with E-state index in [1.165, 1.54) is 89.9 Å². The number of hydrogen-bond donors (Lipinski definition) is 2. The van der Waals surface area contributed by atoms with Gasteiger partial charge in [-0.2, -0.15) is 0 Å². The first-order valence-corrected chi connectivity index (χ1v) is 23.9. The van der Waals surface area contributed by atoms with Crippen LogP contribution < -0.4 is 5.73 Å². The van der Waals surface area contributed by atoms with Crippen LogP contribution in [0.5, 0.6) is 0 Å². The predicted molar refractivity (Wildman–Crippen MR) is 238 cm³/mol. The molecule has 0 heterocycles. The van der Waals surface area contributed by atoms with Gasteiger partial charge in [-0.25, -0.2) is 4.57 Å². The second kappa shape index (κ2) is 43.0. The first-order valence-electron chi connectivity index (χ1n) is 22.4. The summed E-state index contributed by atoms with van der Waals surface area (Å²) in [6, 6.07) is 0. The van der Waals surface area contributed by atoms with E-state index in [9.17, 15) is 19.0 Å². The summed E-state index contributed by atoms with van der Waals surface area (Å²) in [5.74, 6) is -0.937. The number of unbranched alkanes of at least 4 members (excludes halogenated alkanes) is 16. The fraction of sp³-hybridized carbons (Fsp3) is 0.702. The minimum atomic E-state index is -4.40. The molecule has 0 amide bonds. The highest BCUT2D eigenvalue weighted by Gasteiger charge is 2.25. The van der Waals surface area contributed by atoms with Crippen LogP contribution in [-0.4, -0.2) is 49.3 Å².